The third-order valence-corrected chi connectivity index (χ3v) is 5.25. The maximum atomic E-state index is 12.0. The largest absolute Gasteiger partial charge is 0.275 e. The quantitative estimate of drug-likeness (QED) is 0.664. The Kier molecular flexibility index (Phi) is 4.92. The van der Waals surface area contributed by atoms with Crippen LogP contribution in [0.15, 0.2) is 42.5 Å². The minimum absolute atomic E-state index is 0.0686. The maximum absolute atomic E-state index is 12.0. The van der Waals surface area contributed by atoms with E-state index in [1.165, 1.54) is 28.5 Å². The number of benzene rings is 2. The number of nitrogens with zero attached hydrogens (tertiary/aromatic N) is 2. The number of rotatable bonds is 5. The Morgan fingerprint density at radius 2 is 1.96 bits per heavy atom. The van der Waals surface area contributed by atoms with E-state index in [9.17, 15) is 4.79 Å². The average Bonchev–Trinajstić information content (AvgIpc) is 2.93. The Labute approximate surface area is 145 Å². The topological polar surface area (TPSA) is 42.4 Å². The first-order chi connectivity index (χ1) is 11.6. The van der Waals surface area contributed by atoms with Crippen LogP contribution in [0.5, 0.6) is 0 Å². The fourth-order valence-corrected chi connectivity index (χ4v) is 3.77. The predicted molar refractivity (Wildman–Crippen MR) is 97.1 cm³/mol. The standard InChI is InChI=1S/C19H20N2O2S/c1-13-17(12-19(22)21(2)23-3)24-18(20-13)11-15-9-6-8-14-7-4-5-10-16(14)15/h4-10H,11-12H2,1-3H3. The van der Waals surface area contributed by atoms with Gasteiger partial charge in [0.2, 0.25) is 0 Å². The third-order valence-electron chi connectivity index (χ3n) is 4.10. The Bertz CT molecular complexity index is 867. The van der Waals surface area contributed by atoms with E-state index in [2.05, 4.69) is 47.4 Å². The van der Waals surface area contributed by atoms with Gasteiger partial charge in [0.05, 0.1) is 24.2 Å². The van der Waals surface area contributed by atoms with Gasteiger partial charge < -0.3 is 0 Å². The normalized spacial score (nSPS) is 11.0. The van der Waals surface area contributed by atoms with Crippen molar-refractivity contribution in [2.45, 2.75) is 19.8 Å². The molecule has 0 aliphatic rings. The van der Waals surface area contributed by atoms with E-state index < -0.39 is 0 Å². The van der Waals surface area contributed by atoms with E-state index in [4.69, 9.17) is 4.84 Å². The van der Waals surface area contributed by atoms with Crippen molar-refractivity contribution in [2.24, 2.45) is 0 Å². The van der Waals surface area contributed by atoms with Gasteiger partial charge in [0.25, 0.3) is 5.91 Å². The molecule has 0 saturated heterocycles. The molecule has 0 saturated carbocycles. The number of aryl methyl sites for hydroxylation is 1. The number of aromatic nitrogens is 1. The maximum Gasteiger partial charge on any atom is 0.251 e. The Morgan fingerprint density at radius 3 is 2.75 bits per heavy atom. The van der Waals surface area contributed by atoms with E-state index >= 15 is 0 Å². The molecule has 124 valence electrons. The minimum Gasteiger partial charge on any atom is -0.275 e. The first-order valence-electron chi connectivity index (χ1n) is 7.81. The van der Waals surface area contributed by atoms with Gasteiger partial charge in [-0.05, 0) is 23.3 Å². The van der Waals surface area contributed by atoms with E-state index in [0.717, 1.165) is 22.0 Å². The number of thiazole rings is 1. The molecule has 1 aromatic heterocycles. The van der Waals surface area contributed by atoms with Crippen LogP contribution >= 0.6 is 11.3 Å². The molecule has 0 bridgehead atoms. The third kappa shape index (κ3) is 3.47. The van der Waals surface area contributed by atoms with Crippen LogP contribution in [0.4, 0.5) is 0 Å². The van der Waals surface area contributed by atoms with Crippen LogP contribution in [0.1, 0.15) is 21.1 Å². The van der Waals surface area contributed by atoms with Crippen molar-refractivity contribution in [1.82, 2.24) is 10.0 Å². The molecule has 0 spiro atoms. The molecule has 0 unspecified atom stereocenters. The second-order valence-corrected chi connectivity index (χ2v) is 6.85. The first-order valence-corrected chi connectivity index (χ1v) is 8.62. The summed E-state index contributed by atoms with van der Waals surface area (Å²) in [4.78, 5) is 22.6. The van der Waals surface area contributed by atoms with E-state index in [1.54, 1.807) is 18.4 Å². The summed E-state index contributed by atoms with van der Waals surface area (Å²) in [6.45, 7) is 1.96. The second-order valence-electron chi connectivity index (χ2n) is 5.68. The molecular weight excluding hydrogens is 320 g/mol. The van der Waals surface area contributed by atoms with Crippen molar-refractivity contribution >= 4 is 28.0 Å². The zero-order valence-corrected chi connectivity index (χ0v) is 14.9. The lowest BCUT2D eigenvalue weighted by Gasteiger charge is -2.12. The first kappa shape index (κ1) is 16.6. The van der Waals surface area contributed by atoms with Crippen molar-refractivity contribution in [3.8, 4) is 0 Å². The monoisotopic (exact) mass is 340 g/mol. The van der Waals surface area contributed by atoms with Gasteiger partial charge in [-0.3, -0.25) is 9.63 Å². The second kappa shape index (κ2) is 7.11. The fourth-order valence-electron chi connectivity index (χ4n) is 2.69. The van der Waals surface area contributed by atoms with Crippen molar-refractivity contribution in [3.05, 3.63) is 63.6 Å². The SMILES string of the molecule is CON(C)C(=O)Cc1sc(Cc2cccc3ccccc23)nc1C. The highest BCUT2D eigenvalue weighted by Crippen LogP contribution is 2.25. The highest BCUT2D eigenvalue weighted by molar-refractivity contribution is 7.11. The molecule has 3 aromatic rings. The molecule has 5 heteroatoms. The molecule has 0 aliphatic carbocycles. The fraction of sp³-hybridized carbons (Fsp3) is 0.263. The molecule has 0 atom stereocenters. The molecule has 0 radical (unpaired) electrons. The average molecular weight is 340 g/mol. The lowest BCUT2D eigenvalue weighted by Crippen LogP contribution is -2.26. The van der Waals surface area contributed by atoms with Gasteiger partial charge in [-0.1, -0.05) is 42.5 Å². The van der Waals surface area contributed by atoms with Gasteiger partial charge in [-0.2, -0.15) is 0 Å². The Morgan fingerprint density at radius 1 is 1.21 bits per heavy atom. The van der Waals surface area contributed by atoms with Gasteiger partial charge >= 0.3 is 0 Å². The van der Waals surface area contributed by atoms with Crippen LogP contribution in [0.2, 0.25) is 0 Å². The minimum atomic E-state index is -0.0686. The van der Waals surface area contributed by atoms with Crippen LogP contribution in [-0.2, 0) is 22.5 Å². The predicted octanol–water partition coefficient (Wildman–Crippen LogP) is 3.76. The van der Waals surface area contributed by atoms with Gasteiger partial charge in [-0.25, -0.2) is 10.0 Å². The van der Waals surface area contributed by atoms with Crippen LogP contribution in [0.3, 0.4) is 0 Å². The van der Waals surface area contributed by atoms with Crippen molar-refractivity contribution in [3.63, 3.8) is 0 Å². The highest BCUT2D eigenvalue weighted by Gasteiger charge is 2.15. The summed E-state index contributed by atoms with van der Waals surface area (Å²) in [7, 11) is 3.11. The van der Waals surface area contributed by atoms with Crippen molar-refractivity contribution < 1.29 is 9.63 Å². The Balaban J connectivity index is 1.83. The number of hydrogen-bond donors (Lipinski definition) is 0. The lowest BCUT2D eigenvalue weighted by atomic mass is 10.0. The summed E-state index contributed by atoms with van der Waals surface area (Å²) < 4.78 is 0. The molecule has 4 nitrogen and oxygen atoms in total. The van der Waals surface area contributed by atoms with Gasteiger partial charge in [0.1, 0.15) is 0 Å². The summed E-state index contributed by atoms with van der Waals surface area (Å²) in [5, 5.41) is 4.78. The summed E-state index contributed by atoms with van der Waals surface area (Å²) in [5.41, 5.74) is 2.18. The summed E-state index contributed by atoms with van der Waals surface area (Å²) >= 11 is 1.60. The molecule has 24 heavy (non-hydrogen) atoms. The molecule has 0 aliphatic heterocycles. The number of amides is 1. The van der Waals surface area contributed by atoms with Gasteiger partial charge in [-0.15, -0.1) is 11.3 Å². The molecule has 3 rings (SSSR count). The van der Waals surface area contributed by atoms with E-state index in [0.29, 0.717) is 6.42 Å². The zero-order chi connectivity index (χ0) is 17.1. The summed E-state index contributed by atoms with van der Waals surface area (Å²) in [5.74, 6) is -0.0686. The number of hydrogen-bond acceptors (Lipinski definition) is 4. The number of carbonyl (C=O) groups excluding carboxylic acids is 1. The molecule has 1 amide bonds. The number of likely N-dealkylation sites (N-methyl/N-ethyl adjacent to an activating group) is 1. The number of fused-ring (bicyclic) bond motifs is 1. The van der Waals surface area contributed by atoms with Crippen LogP contribution in [0, 0.1) is 6.92 Å². The van der Waals surface area contributed by atoms with Crippen molar-refractivity contribution in [1.29, 1.82) is 0 Å². The summed E-state index contributed by atoms with van der Waals surface area (Å²) in [6.07, 6.45) is 1.10. The van der Waals surface area contributed by atoms with Gasteiger partial charge in [0, 0.05) is 18.3 Å². The molecule has 0 fully saturated rings. The smallest absolute Gasteiger partial charge is 0.251 e. The van der Waals surface area contributed by atoms with Crippen LogP contribution in [0.25, 0.3) is 10.8 Å². The molecule has 0 N–H and O–H groups in total. The summed E-state index contributed by atoms with van der Waals surface area (Å²) in [6, 6.07) is 14.7. The number of hydroxylamine groups is 2. The molecular formula is C19H20N2O2S. The van der Waals surface area contributed by atoms with Gasteiger partial charge in [0.15, 0.2) is 0 Å². The van der Waals surface area contributed by atoms with Crippen molar-refractivity contribution in [2.75, 3.05) is 14.2 Å². The lowest BCUT2D eigenvalue weighted by molar-refractivity contribution is -0.167. The molecule has 2 aromatic carbocycles. The van der Waals surface area contributed by atoms with E-state index in [1.807, 2.05) is 6.92 Å². The van der Waals surface area contributed by atoms with E-state index in [-0.39, 0.29) is 5.91 Å². The zero-order valence-electron chi connectivity index (χ0n) is 14.1. The highest BCUT2D eigenvalue weighted by atomic mass is 32.1. The molecule has 1 heterocycles. The van der Waals surface area contributed by atoms with Crippen LogP contribution < -0.4 is 0 Å². The van der Waals surface area contributed by atoms with Crippen LogP contribution in [-0.4, -0.2) is 30.1 Å². The number of carbonyl (C=O) groups is 1. The Hall–Kier alpha value is -2.24.